The van der Waals surface area contributed by atoms with Gasteiger partial charge in [-0.3, -0.25) is 14.7 Å². The summed E-state index contributed by atoms with van der Waals surface area (Å²) in [5, 5.41) is 13.5. The van der Waals surface area contributed by atoms with E-state index < -0.39 is 6.04 Å². The molecule has 3 aromatic rings. The van der Waals surface area contributed by atoms with Crippen molar-refractivity contribution in [2.75, 3.05) is 19.8 Å². The first-order valence-electron chi connectivity index (χ1n) is 10.7. The zero-order chi connectivity index (χ0) is 21.8. The van der Waals surface area contributed by atoms with E-state index in [0.717, 1.165) is 23.7 Å². The van der Waals surface area contributed by atoms with Crippen molar-refractivity contribution >= 4 is 22.7 Å². The first-order valence-corrected chi connectivity index (χ1v) is 10.7. The molecule has 31 heavy (non-hydrogen) atoms. The van der Waals surface area contributed by atoms with Crippen molar-refractivity contribution in [2.24, 2.45) is 0 Å². The van der Waals surface area contributed by atoms with Crippen molar-refractivity contribution in [3.63, 3.8) is 0 Å². The number of nitrogens with one attached hydrogen (secondary N) is 3. The number of amides is 2. The first kappa shape index (κ1) is 21.1. The normalized spacial score (nSPS) is 16.6. The average Bonchev–Trinajstić information content (AvgIpc) is 3.22. The van der Waals surface area contributed by atoms with Crippen LogP contribution in [0.4, 0.5) is 0 Å². The van der Waals surface area contributed by atoms with Crippen LogP contribution in [0.15, 0.2) is 48.5 Å². The Kier molecular flexibility index (Phi) is 6.04. The summed E-state index contributed by atoms with van der Waals surface area (Å²) in [6.07, 6.45) is 1.69. The molecular formula is C24H28N4O3. The van der Waals surface area contributed by atoms with Crippen LogP contribution in [0.2, 0.25) is 0 Å². The molecule has 1 fully saturated rings. The van der Waals surface area contributed by atoms with Gasteiger partial charge >= 0.3 is 0 Å². The molecule has 0 radical (unpaired) electrons. The summed E-state index contributed by atoms with van der Waals surface area (Å²) in [4.78, 5) is 25.5. The molecule has 1 aromatic heterocycles. The largest absolute Gasteiger partial charge is 0.381 e. The Labute approximate surface area is 181 Å². The third-order valence-corrected chi connectivity index (χ3v) is 6.19. The molecule has 7 heteroatoms. The van der Waals surface area contributed by atoms with Gasteiger partial charge in [0.25, 0.3) is 5.91 Å². The van der Waals surface area contributed by atoms with Crippen LogP contribution < -0.4 is 10.6 Å². The summed E-state index contributed by atoms with van der Waals surface area (Å²) in [5.41, 5.74) is 3.37. The van der Waals surface area contributed by atoms with E-state index in [1.165, 1.54) is 11.1 Å². The minimum absolute atomic E-state index is 0.165. The average molecular weight is 421 g/mol. The molecule has 7 nitrogen and oxygen atoms in total. The quantitative estimate of drug-likeness (QED) is 0.571. The molecule has 3 N–H and O–H groups in total. The van der Waals surface area contributed by atoms with E-state index in [2.05, 4.69) is 39.9 Å². The number of aryl methyl sites for hydroxylation is 1. The lowest BCUT2D eigenvalue weighted by Gasteiger charge is -2.39. The van der Waals surface area contributed by atoms with Gasteiger partial charge in [0, 0.05) is 30.6 Å². The number of hydrogen-bond acceptors (Lipinski definition) is 4. The predicted molar refractivity (Wildman–Crippen MR) is 119 cm³/mol. The van der Waals surface area contributed by atoms with Gasteiger partial charge in [-0.15, -0.1) is 0 Å². The lowest BCUT2D eigenvalue weighted by Crippen LogP contribution is -2.50. The molecule has 0 aliphatic carbocycles. The molecule has 1 aliphatic rings. The molecule has 162 valence electrons. The van der Waals surface area contributed by atoms with Crippen LogP contribution in [0.5, 0.6) is 0 Å². The highest BCUT2D eigenvalue weighted by molar-refractivity contribution is 6.05. The molecular weight excluding hydrogens is 392 g/mol. The Morgan fingerprint density at radius 3 is 2.61 bits per heavy atom. The standard InChI is InChI=1S/C24H28N4O3/c1-16-7-3-5-9-19(16)24(11-13-31-14-12-24)15-25-22(29)17(2)26-23(30)21-18-8-4-6-10-20(18)27-28-21/h3-10,17H,11-15H2,1-2H3,(H,25,29)(H,26,30)(H,27,28). The van der Waals surface area contributed by atoms with Crippen LogP contribution in [0.1, 0.15) is 41.4 Å². The molecule has 0 saturated carbocycles. The number of aromatic amines is 1. The fourth-order valence-electron chi connectivity index (χ4n) is 4.35. The number of ether oxygens (including phenoxy) is 1. The number of rotatable bonds is 6. The van der Waals surface area contributed by atoms with E-state index in [0.29, 0.717) is 19.8 Å². The molecule has 0 spiro atoms. The first-order chi connectivity index (χ1) is 15.0. The number of carbonyl (C=O) groups is 2. The number of carbonyl (C=O) groups excluding carboxylic acids is 2. The Bertz CT molecular complexity index is 1090. The van der Waals surface area contributed by atoms with Crippen molar-refractivity contribution in [2.45, 2.75) is 38.1 Å². The van der Waals surface area contributed by atoms with Gasteiger partial charge < -0.3 is 15.4 Å². The van der Waals surface area contributed by atoms with Crippen molar-refractivity contribution in [3.8, 4) is 0 Å². The fraction of sp³-hybridized carbons (Fsp3) is 0.375. The highest BCUT2D eigenvalue weighted by atomic mass is 16.5. The number of nitrogens with zero attached hydrogens (tertiary/aromatic N) is 1. The molecule has 2 amide bonds. The molecule has 0 bridgehead atoms. The van der Waals surface area contributed by atoms with Gasteiger partial charge in [-0.1, -0.05) is 42.5 Å². The molecule has 2 aromatic carbocycles. The van der Waals surface area contributed by atoms with Gasteiger partial charge in [0.2, 0.25) is 5.91 Å². The Balaban J connectivity index is 1.43. The number of benzene rings is 2. The van der Waals surface area contributed by atoms with Crippen molar-refractivity contribution in [1.29, 1.82) is 0 Å². The summed E-state index contributed by atoms with van der Waals surface area (Å²) < 4.78 is 5.59. The third kappa shape index (κ3) is 4.32. The van der Waals surface area contributed by atoms with Crippen molar-refractivity contribution < 1.29 is 14.3 Å². The third-order valence-electron chi connectivity index (χ3n) is 6.19. The smallest absolute Gasteiger partial charge is 0.273 e. The van der Waals surface area contributed by atoms with Gasteiger partial charge in [0.15, 0.2) is 5.69 Å². The molecule has 4 rings (SSSR count). The lowest BCUT2D eigenvalue weighted by molar-refractivity contribution is -0.123. The summed E-state index contributed by atoms with van der Waals surface area (Å²) in [7, 11) is 0. The van der Waals surface area contributed by atoms with Gasteiger partial charge in [0.05, 0.1) is 5.52 Å². The van der Waals surface area contributed by atoms with Crippen LogP contribution in [-0.2, 0) is 14.9 Å². The second-order valence-corrected chi connectivity index (χ2v) is 8.24. The maximum absolute atomic E-state index is 12.8. The van der Waals surface area contributed by atoms with Crippen molar-refractivity contribution in [1.82, 2.24) is 20.8 Å². The number of hydrogen-bond donors (Lipinski definition) is 3. The second kappa shape index (κ2) is 8.89. The van der Waals surface area contributed by atoms with Gasteiger partial charge in [0.1, 0.15) is 6.04 Å². The molecule has 2 heterocycles. The minimum Gasteiger partial charge on any atom is -0.381 e. The summed E-state index contributed by atoms with van der Waals surface area (Å²) in [6.45, 7) is 5.63. The molecule has 1 unspecified atom stereocenters. The van der Waals surface area contributed by atoms with E-state index in [9.17, 15) is 9.59 Å². The lowest BCUT2D eigenvalue weighted by atomic mass is 9.72. The van der Waals surface area contributed by atoms with Crippen LogP contribution in [-0.4, -0.2) is 47.8 Å². The number of aromatic nitrogens is 2. The topological polar surface area (TPSA) is 96.1 Å². The Morgan fingerprint density at radius 2 is 1.84 bits per heavy atom. The summed E-state index contributed by atoms with van der Waals surface area (Å²) in [5.74, 6) is -0.590. The van der Waals surface area contributed by atoms with Crippen LogP contribution >= 0.6 is 0 Å². The van der Waals surface area contributed by atoms with E-state index in [-0.39, 0.29) is 22.9 Å². The minimum atomic E-state index is -0.684. The fourth-order valence-corrected chi connectivity index (χ4v) is 4.35. The molecule has 1 atom stereocenters. The predicted octanol–water partition coefficient (Wildman–Crippen LogP) is 2.85. The summed E-state index contributed by atoms with van der Waals surface area (Å²) in [6, 6.07) is 15.0. The van der Waals surface area contributed by atoms with Crippen LogP contribution in [0.3, 0.4) is 0 Å². The van der Waals surface area contributed by atoms with E-state index >= 15 is 0 Å². The van der Waals surface area contributed by atoms with E-state index in [1.54, 1.807) is 6.92 Å². The maximum atomic E-state index is 12.8. The van der Waals surface area contributed by atoms with E-state index in [4.69, 9.17) is 4.74 Å². The molecule has 1 aliphatic heterocycles. The highest BCUT2D eigenvalue weighted by Crippen LogP contribution is 2.36. The second-order valence-electron chi connectivity index (χ2n) is 8.24. The zero-order valence-corrected chi connectivity index (χ0v) is 17.9. The number of H-pyrrole nitrogens is 1. The van der Waals surface area contributed by atoms with Crippen LogP contribution in [0.25, 0.3) is 10.9 Å². The van der Waals surface area contributed by atoms with Gasteiger partial charge in [-0.05, 0) is 43.9 Å². The van der Waals surface area contributed by atoms with Crippen molar-refractivity contribution in [3.05, 3.63) is 65.4 Å². The van der Waals surface area contributed by atoms with E-state index in [1.807, 2.05) is 36.4 Å². The number of para-hydroxylation sites is 1. The molecule has 1 saturated heterocycles. The SMILES string of the molecule is Cc1ccccc1C1(CNC(=O)C(C)NC(=O)c2n[nH]c3ccccc23)CCOCC1. The Hall–Kier alpha value is -3.19. The highest BCUT2D eigenvalue weighted by Gasteiger charge is 2.36. The van der Waals surface area contributed by atoms with Crippen LogP contribution in [0, 0.1) is 6.92 Å². The number of fused-ring (bicyclic) bond motifs is 1. The summed E-state index contributed by atoms with van der Waals surface area (Å²) >= 11 is 0. The van der Waals surface area contributed by atoms with Gasteiger partial charge in [-0.2, -0.15) is 5.10 Å². The van der Waals surface area contributed by atoms with Gasteiger partial charge in [-0.25, -0.2) is 0 Å². The monoisotopic (exact) mass is 420 g/mol. The Morgan fingerprint density at radius 1 is 1.13 bits per heavy atom. The maximum Gasteiger partial charge on any atom is 0.273 e. The zero-order valence-electron chi connectivity index (χ0n) is 17.9.